The molecule has 3 aromatic rings. The minimum Gasteiger partial charge on any atom is -0.0843 e. The number of rotatable bonds is 4. The topological polar surface area (TPSA) is 0 Å². The molecule has 0 atom stereocenters. The highest BCUT2D eigenvalue weighted by molar-refractivity contribution is 6.30. The molecular formula is C21H16Cl2. The Kier molecular flexibility index (Phi) is 5.17. The van der Waals surface area contributed by atoms with Gasteiger partial charge in [-0.05, 0) is 41.0 Å². The maximum absolute atomic E-state index is 6.02. The van der Waals surface area contributed by atoms with Crippen molar-refractivity contribution in [1.29, 1.82) is 0 Å². The predicted molar refractivity (Wildman–Crippen MR) is 100 cm³/mol. The Morgan fingerprint density at radius 1 is 0.609 bits per heavy atom. The quantitative estimate of drug-likeness (QED) is 0.488. The molecule has 0 saturated carbocycles. The molecule has 0 aliphatic heterocycles. The van der Waals surface area contributed by atoms with Gasteiger partial charge in [-0.2, -0.15) is 0 Å². The largest absolute Gasteiger partial charge is 0.0843 e. The van der Waals surface area contributed by atoms with Crippen LogP contribution in [0.1, 0.15) is 22.6 Å². The zero-order chi connectivity index (χ0) is 16.1. The van der Waals surface area contributed by atoms with Crippen molar-refractivity contribution in [2.75, 3.05) is 0 Å². The highest BCUT2D eigenvalue weighted by atomic mass is 35.5. The van der Waals surface area contributed by atoms with Crippen molar-refractivity contribution >= 4 is 29.3 Å². The van der Waals surface area contributed by atoms with Gasteiger partial charge in [0.15, 0.2) is 0 Å². The van der Waals surface area contributed by atoms with E-state index in [4.69, 9.17) is 23.2 Å². The van der Waals surface area contributed by atoms with Crippen molar-refractivity contribution in [3.05, 3.63) is 112 Å². The van der Waals surface area contributed by atoms with Crippen LogP contribution in [0.3, 0.4) is 0 Å². The number of allylic oxidation sites excluding steroid dienone is 1. The van der Waals surface area contributed by atoms with Gasteiger partial charge in [-0.3, -0.25) is 0 Å². The van der Waals surface area contributed by atoms with Gasteiger partial charge in [0.25, 0.3) is 0 Å². The summed E-state index contributed by atoms with van der Waals surface area (Å²) in [6.07, 6.45) is 4.36. The number of benzene rings is 3. The van der Waals surface area contributed by atoms with Crippen molar-refractivity contribution in [1.82, 2.24) is 0 Å². The lowest BCUT2D eigenvalue weighted by Gasteiger charge is -2.14. The average Bonchev–Trinajstić information content (AvgIpc) is 2.59. The van der Waals surface area contributed by atoms with Crippen molar-refractivity contribution in [2.24, 2.45) is 0 Å². The molecule has 0 heterocycles. The summed E-state index contributed by atoms with van der Waals surface area (Å²) in [5, 5.41) is 1.49. The number of hydrogen-bond donors (Lipinski definition) is 0. The molecule has 0 unspecified atom stereocenters. The van der Waals surface area contributed by atoms with Gasteiger partial charge in [-0.25, -0.2) is 0 Å². The lowest BCUT2D eigenvalue weighted by Crippen LogP contribution is -1.97. The molecule has 0 N–H and O–H groups in total. The molecule has 0 aliphatic rings. The van der Waals surface area contributed by atoms with E-state index in [1.165, 1.54) is 16.7 Å². The number of halogens is 2. The minimum absolute atomic E-state index is 0.157. The van der Waals surface area contributed by atoms with Crippen LogP contribution in [-0.2, 0) is 0 Å². The van der Waals surface area contributed by atoms with Crippen molar-refractivity contribution in [3.8, 4) is 0 Å². The summed E-state index contributed by atoms with van der Waals surface area (Å²) < 4.78 is 0. The van der Waals surface area contributed by atoms with Crippen molar-refractivity contribution in [2.45, 2.75) is 5.92 Å². The molecule has 0 fully saturated rings. The molecule has 0 aliphatic carbocycles. The SMILES string of the molecule is Clc1ccc(C(/C=C/c2ccccc2)c2ccc(Cl)cc2)cc1. The maximum Gasteiger partial charge on any atom is 0.0406 e. The van der Waals surface area contributed by atoms with Gasteiger partial charge in [0.2, 0.25) is 0 Å². The average molecular weight is 339 g/mol. The van der Waals surface area contributed by atoms with E-state index in [1.54, 1.807) is 0 Å². The Morgan fingerprint density at radius 2 is 1.09 bits per heavy atom. The summed E-state index contributed by atoms with van der Waals surface area (Å²) in [5.74, 6) is 0.157. The first-order valence-electron chi connectivity index (χ1n) is 7.46. The van der Waals surface area contributed by atoms with E-state index >= 15 is 0 Å². The first-order chi connectivity index (χ1) is 11.2. The van der Waals surface area contributed by atoms with Gasteiger partial charge < -0.3 is 0 Å². The van der Waals surface area contributed by atoms with Crippen LogP contribution in [0.5, 0.6) is 0 Å². The van der Waals surface area contributed by atoms with Crippen LogP contribution in [-0.4, -0.2) is 0 Å². The normalized spacial score (nSPS) is 11.3. The van der Waals surface area contributed by atoms with E-state index in [-0.39, 0.29) is 5.92 Å². The third-order valence-electron chi connectivity index (χ3n) is 3.74. The Bertz CT molecular complexity index is 727. The van der Waals surface area contributed by atoms with Gasteiger partial charge in [0.1, 0.15) is 0 Å². The third-order valence-corrected chi connectivity index (χ3v) is 4.24. The van der Waals surface area contributed by atoms with Gasteiger partial charge in [0, 0.05) is 16.0 Å². The van der Waals surface area contributed by atoms with Gasteiger partial charge in [-0.1, -0.05) is 90.0 Å². The molecule has 23 heavy (non-hydrogen) atoms. The van der Waals surface area contributed by atoms with E-state index in [0.29, 0.717) is 0 Å². The molecule has 114 valence electrons. The Labute approximate surface area is 147 Å². The smallest absolute Gasteiger partial charge is 0.0406 e. The van der Waals surface area contributed by atoms with Crippen LogP contribution in [0.25, 0.3) is 6.08 Å². The van der Waals surface area contributed by atoms with E-state index in [9.17, 15) is 0 Å². The summed E-state index contributed by atoms with van der Waals surface area (Å²) in [4.78, 5) is 0. The molecule has 0 aromatic heterocycles. The summed E-state index contributed by atoms with van der Waals surface area (Å²) in [5.41, 5.74) is 3.58. The van der Waals surface area contributed by atoms with E-state index in [1.807, 2.05) is 42.5 Å². The molecule has 0 saturated heterocycles. The predicted octanol–water partition coefficient (Wildman–Crippen LogP) is 6.84. The first-order valence-corrected chi connectivity index (χ1v) is 8.22. The molecule has 0 spiro atoms. The summed E-state index contributed by atoms with van der Waals surface area (Å²) in [7, 11) is 0. The van der Waals surface area contributed by atoms with Crippen LogP contribution in [0.4, 0.5) is 0 Å². The molecule has 0 bridgehead atoms. The standard InChI is InChI=1S/C21H16Cl2/c22-19-11-7-17(8-12-19)21(18-9-13-20(23)14-10-18)15-6-16-4-2-1-3-5-16/h1-15,21H/b15-6+. The van der Waals surface area contributed by atoms with E-state index < -0.39 is 0 Å². The molecule has 3 rings (SSSR count). The zero-order valence-corrected chi connectivity index (χ0v) is 14.0. The first kappa shape index (κ1) is 15.9. The minimum atomic E-state index is 0.157. The monoisotopic (exact) mass is 338 g/mol. The Morgan fingerprint density at radius 3 is 1.57 bits per heavy atom. The summed E-state index contributed by atoms with van der Waals surface area (Å²) in [6.45, 7) is 0. The van der Waals surface area contributed by atoms with Crippen LogP contribution < -0.4 is 0 Å². The lowest BCUT2D eigenvalue weighted by molar-refractivity contribution is 1.03. The maximum atomic E-state index is 6.02. The molecular weight excluding hydrogens is 323 g/mol. The van der Waals surface area contributed by atoms with E-state index in [0.717, 1.165) is 10.0 Å². The van der Waals surface area contributed by atoms with Gasteiger partial charge in [-0.15, -0.1) is 0 Å². The van der Waals surface area contributed by atoms with E-state index in [2.05, 4.69) is 48.6 Å². The summed E-state index contributed by atoms with van der Waals surface area (Å²) in [6, 6.07) is 26.3. The highest BCUT2D eigenvalue weighted by Gasteiger charge is 2.11. The van der Waals surface area contributed by atoms with Gasteiger partial charge in [0.05, 0.1) is 0 Å². The van der Waals surface area contributed by atoms with Crippen molar-refractivity contribution in [3.63, 3.8) is 0 Å². The second kappa shape index (κ2) is 7.50. The molecule has 0 nitrogen and oxygen atoms in total. The fourth-order valence-electron chi connectivity index (χ4n) is 2.53. The number of hydrogen-bond acceptors (Lipinski definition) is 0. The molecule has 0 amide bonds. The van der Waals surface area contributed by atoms with Crippen LogP contribution in [0.2, 0.25) is 10.0 Å². The third kappa shape index (κ3) is 4.25. The van der Waals surface area contributed by atoms with Crippen LogP contribution in [0.15, 0.2) is 84.9 Å². The fourth-order valence-corrected chi connectivity index (χ4v) is 2.78. The van der Waals surface area contributed by atoms with Crippen LogP contribution >= 0.6 is 23.2 Å². The Hall–Kier alpha value is -2.02. The second-order valence-electron chi connectivity index (χ2n) is 5.35. The van der Waals surface area contributed by atoms with Crippen molar-refractivity contribution < 1.29 is 0 Å². The molecule has 2 heteroatoms. The lowest BCUT2D eigenvalue weighted by atomic mass is 9.90. The highest BCUT2D eigenvalue weighted by Crippen LogP contribution is 2.29. The molecule has 3 aromatic carbocycles. The van der Waals surface area contributed by atoms with Crippen LogP contribution in [0, 0.1) is 0 Å². The zero-order valence-electron chi connectivity index (χ0n) is 12.5. The fraction of sp³-hybridized carbons (Fsp3) is 0.0476. The van der Waals surface area contributed by atoms with Gasteiger partial charge >= 0.3 is 0 Å². The summed E-state index contributed by atoms with van der Waals surface area (Å²) >= 11 is 12.0. The Balaban J connectivity index is 1.97. The second-order valence-corrected chi connectivity index (χ2v) is 6.22. The molecule has 0 radical (unpaired) electrons.